The monoisotopic (exact) mass is 261 g/mol. The van der Waals surface area contributed by atoms with Gasteiger partial charge in [0.05, 0.1) is 4.47 Å². The topological polar surface area (TPSA) is 43.1 Å². The molecule has 0 saturated heterocycles. The van der Waals surface area contributed by atoms with Crippen LogP contribution in [0.15, 0.2) is 22.7 Å². The molecule has 0 bridgehead atoms. The van der Waals surface area contributed by atoms with Crippen molar-refractivity contribution < 1.29 is 4.79 Å². The smallest absolute Gasteiger partial charge is 0.165 e. The van der Waals surface area contributed by atoms with E-state index in [0.717, 1.165) is 0 Å². The van der Waals surface area contributed by atoms with Gasteiger partial charge in [-0.15, -0.1) is 11.6 Å². The summed E-state index contributed by atoms with van der Waals surface area (Å²) < 4.78 is 0.658. The number of nitrogens with two attached hydrogens (primary N) is 1. The maximum atomic E-state index is 11.4. The quantitative estimate of drug-likeness (QED) is 0.517. The molecule has 0 aliphatic heterocycles. The molecule has 70 valence electrons. The Morgan fingerprint density at radius 2 is 2.23 bits per heavy atom. The number of alkyl halides is 1. The van der Waals surface area contributed by atoms with Gasteiger partial charge in [0.25, 0.3) is 0 Å². The highest BCUT2D eigenvalue weighted by Crippen LogP contribution is 2.24. The molecule has 1 rings (SSSR count). The van der Waals surface area contributed by atoms with Gasteiger partial charge in [0, 0.05) is 23.6 Å². The van der Waals surface area contributed by atoms with Gasteiger partial charge in [-0.05, 0) is 22.0 Å². The van der Waals surface area contributed by atoms with E-state index in [9.17, 15) is 4.79 Å². The summed E-state index contributed by atoms with van der Waals surface area (Å²) in [5.41, 5.74) is 6.79. The molecule has 0 atom stereocenters. The van der Waals surface area contributed by atoms with Gasteiger partial charge < -0.3 is 5.73 Å². The number of anilines is 1. The number of carbonyl (C=O) groups excluding carboxylic acids is 1. The highest BCUT2D eigenvalue weighted by molar-refractivity contribution is 9.10. The standard InChI is InChI=1S/C9H9BrClNO/c10-9-6(8(13)4-5-11)2-1-3-7(9)12/h1-3H,4-5,12H2. The number of benzene rings is 1. The molecule has 4 heteroatoms. The number of carbonyl (C=O) groups is 1. The fourth-order valence-corrected chi connectivity index (χ4v) is 1.64. The van der Waals surface area contributed by atoms with Gasteiger partial charge in [0.15, 0.2) is 5.78 Å². The highest BCUT2D eigenvalue weighted by atomic mass is 79.9. The van der Waals surface area contributed by atoms with Crippen LogP contribution in [0.25, 0.3) is 0 Å². The third kappa shape index (κ3) is 2.45. The van der Waals surface area contributed by atoms with Crippen LogP contribution in [0.3, 0.4) is 0 Å². The van der Waals surface area contributed by atoms with Crippen LogP contribution in [0.2, 0.25) is 0 Å². The summed E-state index contributed by atoms with van der Waals surface area (Å²) in [4.78, 5) is 11.4. The number of nitrogen functional groups attached to an aromatic ring is 1. The summed E-state index contributed by atoms with van der Waals surface area (Å²) in [7, 11) is 0. The van der Waals surface area contributed by atoms with Gasteiger partial charge in [0.2, 0.25) is 0 Å². The number of ketones is 1. The molecule has 0 saturated carbocycles. The Hall–Kier alpha value is -0.540. The molecule has 0 fully saturated rings. The Labute approximate surface area is 90.2 Å². The maximum absolute atomic E-state index is 11.4. The van der Waals surface area contributed by atoms with Crippen molar-refractivity contribution in [2.75, 3.05) is 11.6 Å². The van der Waals surface area contributed by atoms with E-state index in [-0.39, 0.29) is 5.78 Å². The molecule has 0 radical (unpaired) electrons. The third-order valence-corrected chi connectivity index (χ3v) is 2.72. The van der Waals surface area contributed by atoms with Crippen LogP contribution in [0.5, 0.6) is 0 Å². The van der Waals surface area contributed by atoms with Crippen molar-refractivity contribution in [1.29, 1.82) is 0 Å². The molecule has 1 aromatic carbocycles. The first-order valence-electron chi connectivity index (χ1n) is 3.80. The van der Waals surface area contributed by atoms with Crippen LogP contribution in [-0.2, 0) is 0 Å². The minimum Gasteiger partial charge on any atom is -0.398 e. The Balaban J connectivity index is 3.01. The average Bonchev–Trinajstić information content (AvgIpc) is 2.10. The summed E-state index contributed by atoms with van der Waals surface area (Å²) in [5, 5.41) is 0. The zero-order valence-electron chi connectivity index (χ0n) is 6.89. The lowest BCUT2D eigenvalue weighted by atomic mass is 10.1. The van der Waals surface area contributed by atoms with Crippen LogP contribution in [0, 0.1) is 0 Å². The van der Waals surface area contributed by atoms with Crippen LogP contribution in [0.4, 0.5) is 5.69 Å². The number of hydrogen-bond acceptors (Lipinski definition) is 2. The molecule has 1 aromatic rings. The molecule has 0 amide bonds. The average molecular weight is 263 g/mol. The second-order valence-electron chi connectivity index (χ2n) is 2.57. The molecular formula is C9H9BrClNO. The van der Waals surface area contributed by atoms with Gasteiger partial charge in [-0.25, -0.2) is 0 Å². The summed E-state index contributed by atoms with van der Waals surface area (Å²) >= 11 is 8.73. The van der Waals surface area contributed by atoms with Crippen molar-refractivity contribution in [2.24, 2.45) is 0 Å². The molecule has 0 aliphatic rings. The Morgan fingerprint density at radius 3 is 2.85 bits per heavy atom. The molecule has 2 nitrogen and oxygen atoms in total. The fraction of sp³-hybridized carbons (Fsp3) is 0.222. The van der Waals surface area contributed by atoms with E-state index in [2.05, 4.69) is 15.9 Å². The zero-order valence-corrected chi connectivity index (χ0v) is 9.23. The van der Waals surface area contributed by atoms with E-state index in [1.165, 1.54) is 0 Å². The molecule has 0 aliphatic carbocycles. The van der Waals surface area contributed by atoms with Crippen LogP contribution < -0.4 is 5.73 Å². The predicted molar refractivity (Wildman–Crippen MR) is 58.2 cm³/mol. The highest BCUT2D eigenvalue weighted by Gasteiger charge is 2.10. The Bertz CT molecular complexity index is 327. The van der Waals surface area contributed by atoms with Crippen LogP contribution in [-0.4, -0.2) is 11.7 Å². The van der Waals surface area contributed by atoms with Gasteiger partial charge in [-0.1, -0.05) is 12.1 Å². The number of halogens is 2. The zero-order chi connectivity index (χ0) is 9.84. The van der Waals surface area contributed by atoms with E-state index in [1.807, 2.05) is 0 Å². The van der Waals surface area contributed by atoms with E-state index in [4.69, 9.17) is 17.3 Å². The van der Waals surface area contributed by atoms with E-state index >= 15 is 0 Å². The van der Waals surface area contributed by atoms with Crippen molar-refractivity contribution >= 4 is 39.0 Å². The Kier molecular flexibility index (Phi) is 3.75. The summed E-state index contributed by atoms with van der Waals surface area (Å²) in [6, 6.07) is 5.22. The van der Waals surface area contributed by atoms with E-state index < -0.39 is 0 Å². The SMILES string of the molecule is Nc1cccc(C(=O)CCCl)c1Br. The molecular weight excluding hydrogens is 253 g/mol. The number of Topliss-reactive ketones (excluding diaryl/α,β-unsaturated/α-hetero) is 1. The fourth-order valence-electron chi connectivity index (χ4n) is 0.986. The second kappa shape index (κ2) is 4.63. The number of hydrogen-bond donors (Lipinski definition) is 1. The molecule has 0 aromatic heterocycles. The van der Waals surface area contributed by atoms with Gasteiger partial charge in [0.1, 0.15) is 0 Å². The third-order valence-electron chi connectivity index (χ3n) is 1.65. The molecule has 0 heterocycles. The summed E-state index contributed by atoms with van der Waals surface area (Å²) in [5.74, 6) is 0.342. The lowest BCUT2D eigenvalue weighted by molar-refractivity contribution is 0.0988. The first kappa shape index (κ1) is 10.5. The van der Waals surface area contributed by atoms with E-state index in [0.29, 0.717) is 28.0 Å². The Morgan fingerprint density at radius 1 is 1.54 bits per heavy atom. The van der Waals surface area contributed by atoms with Crippen molar-refractivity contribution in [3.63, 3.8) is 0 Å². The molecule has 0 unspecified atom stereocenters. The summed E-state index contributed by atoms with van der Waals surface area (Å²) in [6.45, 7) is 0. The minimum atomic E-state index is 0.00850. The van der Waals surface area contributed by atoms with Gasteiger partial charge in [-0.2, -0.15) is 0 Å². The normalized spacial score (nSPS) is 10.0. The lowest BCUT2D eigenvalue weighted by Gasteiger charge is -2.04. The van der Waals surface area contributed by atoms with Crippen molar-refractivity contribution in [2.45, 2.75) is 6.42 Å². The predicted octanol–water partition coefficient (Wildman–Crippen LogP) is 2.84. The van der Waals surface area contributed by atoms with E-state index in [1.54, 1.807) is 18.2 Å². The van der Waals surface area contributed by atoms with Crippen LogP contribution in [0.1, 0.15) is 16.8 Å². The van der Waals surface area contributed by atoms with Crippen molar-refractivity contribution in [1.82, 2.24) is 0 Å². The largest absolute Gasteiger partial charge is 0.398 e. The first-order valence-corrected chi connectivity index (χ1v) is 5.12. The molecule has 0 spiro atoms. The molecule has 2 N–H and O–H groups in total. The molecule has 13 heavy (non-hydrogen) atoms. The summed E-state index contributed by atoms with van der Waals surface area (Å²) in [6.07, 6.45) is 0.337. The van der Waals surface area contributed by atoms with Crippen molar-refractivity contribution in [3.8, 4) is 0 Å². The second-order valence-corrected chi connectivity index (χ2v) is 3.74. The lowest BCUT2D eigenvalue weighted by Crippen LogP contribution is -2.02. The van der Waals surface area contributed by atoms with Gasteiger partial charge in [-0.3, -0.25) is 4.79 Å². The van der Waals surface area contributed by atoms with Crippen molar-refractivity contribution in [3.05, 3.63) is 28.2 Å². The van der Waals surface area contributed by atoms with Gasteiger partial charge >= 0.3 is 0 Å². The van der Waals surface area contributed by atoms with Crippen LogP contribution >= 0.6 is 27.5 Å². The maximum Gasteiger partial charge on any atom is 0.165 e. The first-order chi connectivity index (χ1) is 6.16. The number of rotatable bonds is 3. The minimum absolute atomic E-state index is 0.00850.